The lowest BCUT2D eigenvalue weighted by Gasteiger charge is -2.07. The highest BCUT2D eigenvalue weighted by Gasteiger charge is 2.17. The molecule has 1 aromatic rings. The first kappa shape index (κ1) is 12.6. The van der Waals surface area contributed by atoms with E-state index in [0.29, 0.717) is 19.3 Å². The molecule has 0 saturated heterocycles. The van der Waals surface area contributed by atoms with E-state index in [9.17, 15) is 19.6 Å². The quantitative estimate of drug-likeness (QED) is 0.620. The van der Waals surface area contributed by atoms with E-state index in [0.717, 1.165) is 6.07 Å². The largest absolute Gasteiger partial charge is 0.393 e. The Morgan fingerprint density at radius 1 is 1.56 bits per heavy atom. The van der Waals surface area contributed by atoms with Gasteiger partial charge < -0.3 is 5.11 Å². The lowest BCUT2D eigenvalue weighted by atomic mass is 10.0. The van der Waals surface area contributed by atoms with Gasteiger partial charge in [-0.15, -0.1) is 0 Å². The van der Waals surface area contributed by atoms with Crippen LogP contribution in [0, 0.1) is 15.9 Å². The average molecular weight is 227 g/mol. The number of rotatable bonds is 5. The van der Waals surface area contributed by atoms with Crippen molar-refractivity contribution in [2.24, 2.45) is 0 Å². The van der Waals surface area contributed by atoms with Crippen LogP contribution in [0.3, 0.4) is 0 Å². The summed E-state index contributed by atoms with van der Waals surface area (Å²) in [7, 11) is 0. The normalized spacial score (nSPS) is 12.4. The zero-order valence-electron chi connectivity index (χ0n) is 9.02. The van der Waals surface area contributed by atoms with Crippen molar-refractivity contribution < 1.29 is 14.4 Å². The van der Waals surface area contributed by atoms with Crippen molar-refractivity contribution >= 4 is 5.69 Å². The van der Waals surface area contributed by atoms with E-state index in [1.807, 2.05) is 6.92 Å². The second-order valence-corrected chi connectivity index (χ2v) is 3.61. The number of benzene rings is 1. The van der Waals surface area contributed by atoms with E-state index in [1.54, 1.807) is 0 Å². The molecule has 0 bridgehead atoms. The molecule has 5 heteroatoms. The molecule has 4 nitrogen and oxygen atoms in total. The Bertz CT molecular complexity index is 381. The Labute approximate surface area is 92.9 Å². The lowest BCUT2D eigenvalue weighted by molar-refractivity contribution is -0.387. The molecule has 0 aromatic heterocycles. The maximum atomic E-state index is 13.6. The third-order valence-corrected chi connectivity index (χ3v) is 2.47. The Kier molecular flexibility index (Phi) is 4.37. The summed E-state index contributed by atoms with van der Waals surface area (Å²) in [5.41, 5.74) is -0.231. The number of aliphatic hydroxyl groups is 1. The van der Waals surface area contributed by atoms with Gasteiger partial charge >= 0.3 is 5.69 Å². The molecule has 0 fully saturated rings. The molecular weight excluding hydrogens is 213 g/mol. The standard InChI is InChI=1S/C11H14FNO3/c1-2-9(14)7-6-8-4-3-5-10(11(8)12)13(15)16/h3-5,9,14H,2,6-7H2,1H3. The first-order valence-electron chi connectivity index (χ1n) is 5.16. The molecule has 16 heavy (non-hydrogen) atoms. The summed E-state index contributed by atoms with van der Waals surface area (Å²) in [4.78, 5) is 9.74. The third-order valence-electron chi connectivity index (χ3n) is 2.47. The number of nitrogens with zero attached hydrogens (tertiary/aromatic N) is 1. The first-order chi connectivity index (χ1) is 7.56. The van der Waals surface area contributed by atoms with Crippen LogP contribution < -0.4 is 0 Å². The van der Waals surface area contributed by atoms with Crippen molar-refractivity contribution in [2.75, 3.05) is 0 Å². The highest BCUT2D eigenvalue weighted by molar-refractivity contribution is 5.36. The third kappa shape index (κ3) is 3.00. The van der Waals surface area contributed by atoms with Gasteiger partial charge in [-0.3, -0.25) is 10.1 Å². The molecule has 0 radical (unpaired) electrons. The molecule has 1 atom stereocenters. The monoisotopic (exact) mass is 227 g/mol. The average Bonchev–Trinajstić information content (AvgIpc) is 2.26. The van der Waals surface area contributed by atoms with Crippen LogP contribution >= 0.6 is 0 Å². The van der Waals surface area contributed by atoms with Crippen LogP contribution in [0.2, 0.25) is 0 Å². The summed E-state index contributed by atoms with van der Waals surface area (Å²) in [6.45, 7) is 1.83. The highest BCUT2D eigenvalue weighted by atomic mass is 19.1. The van der Waals surface area contributed by atoms with Crippen molar-refractivity contribution in [3.63, 3.8) is 0 Å². The van der Waals surface area contributed by atoms with Gasteiger partial charge in [0.25, 0.3) is 0 Å². The Hall–Kier alpha value is -1.49. The van der Waals surface area contributed by atoms with Gasteiger partial charge in [0, 0.05) is 6.07 Å². The van der Waals surface area contributed by atoms with Crippen molar-refractivity contribution in [3.8, 4) is 0 Å². The van der Waals surface area contributed by atoms with Gasteiger partial charge in [-0.05, 0) is 24.8 Å². The number of halogens is 1. The number of hydrogen-bond acceptors (Lipinski definition) is 3. The van der Waals surface area contributed by atoms with E-state index >= 15 is 0 Å². The molecule has 1 N–H and O–H groups in total. The van der Waals surface area contributed by atoms with Gasteiger partial charge in [-0.2, -0.15) is 4.39 Å². The summed E-state index contributed by atoms with van der Waals surface area (Å²) in [6, 6.07) is 4.09. The maximum absolute atomic E-state index is 13.6. The molecule has 88 valence electrons. The van der Waals surface area contributed by atoms with Crippen LogP contribution in [0.5, 0.6) is 0 Å². The molecule has 1 unspecified atom stereocenters. The van der Waals surface area contributed by atoms with E-state index in [1.165, 1.54) is 12.1 Å². The summed E-state index contributed by atoms with van der Waals surface area (Å²) < 4.78 is 13.6. The molecule has 0 aliphatic carbocycles. The number of nitro benzene ring substituents is 1. The van der Waals surface area contributed by atoms with Crippen LogP contribution in [-0.2, 0) is 6.42 Å². The van der Waals surface area contributed by atoms with E-state index in [-0.39, 0.29) is 5.56 Å². The molecule has 0 amide bonds. The minimum atomic E-state index is -0.796. The summed E-state index contributed by atoms with van der Waals surface area (Å²) in [5.74, 6) is -0.796. The molecule has 0 heterocycles. The van der Waals surface area contributed by atoms with Gasteiger partial charge in [-0.1, -0.05) is 19.1 Å². The zero-order chi connectivity index (χ0) is 12.1. The van der Waals surface area contributed by atoms with Gasteiger partial charge in [-0.25, -0.2) is 0 Å². The molecule has 0 aliphatic rings. The number of aliphatic hydroxyl groups excluding tert-OH is 1. The maximum Gasteiger partial charge on any atom is 0.305 e. The molecule has 1 aromatic carbocycles. The van der Waals surface area contributed by atoms with Crippen LogP contribution in [-0.4, -0.2) is 16.1 Å². The van der Waals surface area contributed by atoms with Crippen LogP contribution in [0.15, 0.2) is 18.2 Å². The number of aryl methyl sites for hydroxylation is 1. The lowest BCUT2D eigenvalue weighted by Crippen LogP contribution is -2.07. The van der Waals surface area contributed by atoms with Crippen molar-refractivity contribution in [1.82, 2.24) is 0 Å². The zero-order valence-corrected chi connectivity index (χ0v) is 9.02. The molecule has 0 aliphatic heterocycles. The Morgan fingerprint density at radius 3 is 2.81 bits per heavy atom. The van der Waals surface area contributed by atoms with Gasteiger partial charge in [0.2, 0.25) is 5.82 Å². The van der Waals surface area contributed by atoms with Crippen molar-refractivity contribution in [2.45, 2.75) is 32.3 Å². The second kappa shape index (κ2) is 5.55. The fourth-order valence-corrected chi connectivity index (χ4v) is 1.43. The van der Waals surface area contributed by atoms with Crippen molar-refractivity contribution in [3.05, 3.63) is 39.7 Å². The summed E-state index contributed by atoms with van der Waals surface area (Å²) >= 11 is 0. The second-order valence-electron chi connectivity index (χ2n) is 3.61. The minimum absolute atomic E-state index is 0.279. The molecule has 0 saturated carbocycles. The Morgan fingerprint density at radius 2 is 2.25 bits per heavy atom. The van der Waals surface area contributed by atoms with Crippen molar-refractivity contribution in [1.29, 1.82) is 0 Å². The minimum Gasteiger partial charge on any atom is -0.393 e. The predicted molar refractivity (Wildman–Crippen MR) is 57.7 cm³/mol. The van der Waals surface area contributed by atoms with Gasteiger partial charge in [0.05, 0.1) is 11.0 Å². The summed E-state index contributed by atoms with van der Waals surface area (Å²) in [6.07, 6.45) is 0.826. The molecule has 1 rings (SSSR count). The SMILES string of the molecule is CCC(O)CCc1cccc([N+](=O)[O-])c1F. The van der Waals surface area contributed by atoms with Crippen LogP contribution in [0.25, 0.3) is 0 Å². The smallest absolute Gasteiger partial charge is 0.305 e. The molecule has 0 spiro atoms. The predicted octanol–water partition coefficient (Wildman–Crippen LogP) is 2.44. The first-order valence-corrected chi connectivity index (χ1v) is 5.16. The van der Waals surface area contributed by atoms with Crippen LogP contribution in [0.4, 0.5) is 10.1 Å². The molecular formula is C11H14FNO3. The topological polar surface area (TPSA) is 63.4 Å². The number of nitro groups is 1. The van der Waals surface area contributed by atoms with Gasteiger partial charge in [0.15, 0.2) is 0 Å². The Balaban J connectivity index is 2.81. The van der Waals surface area contributed by atoms with E-state index in [2.05, 4.69) is 0 Å². The van der Waals surface area contributed by atoms with E-state index in [4.69, 9.17) is 0 Å². The summed E-state index contributed by atoms with van der Waals surface area (Å²) in [5, 5.41) is 19.8. The van der Waals surface area contributed by atoms with Crippen LogP contribution in [0.1, 0.15) is 25.3 Å². The highest BCUT2D eigenvalue weighted by Crippen LogP contribution is 2.21. The van der Waals surface area contributed by atoms with E-state index < -0.39 is 22.5 Å². The fourth-order valence-electron chi connectivity index (χ4n) is 1.43. The fraction of sp³-hybridized carbons (Fsp3) is 0.455. The van der Waals surface area contributed by atoms with Gasteiger partial charge in [0.1, 0.15) is 0 Å². The number of hydrogen-bond donors (Lipinski definition) is 1.